The average molecular weight is 117 g/mol. The van der Waals surface area contributed by atoms with Crippen LogP contribution in [0, 0.1) is 0 Å². The van der Waals surface area contributed by atoms with Crippen molar-refractivity contribution >= 4 is 5.91 Å². The van der Waals surface area contributed by atoms with Crippen LogP contribution in [0.15, 0.2) is 0 Å². The third-order valence-electron chi connectivity index (χ3n) is 0.837. The first-order chi connectivity index (χ1) is 3.72. The Morgan fingerprint density at radius 2 is 2.38 bits per heavy atom. The molecule has 0 saturated carbocycles. The van der Waals surface area contributed by atoms with Crippen molar-refractivity contribution in [2.75, 3.05) is 13.6 Å². The van der Waals surface area contributed by atoms with E-state index in [-0.39, 0.29) is 12.5 Å². The fraction of sp³-hybridized carbons (Fsp3) is 0.750. The van der Waals surface area contributed by atoms with Gasteiger partial charge in [-0.15, -0.1) is 0 Å². The summed E-state index contributed by atoms with van der Waals surface area (Å²) in [5.41, 5.74) is 10.3. The molecule has 0 unspecified atom stereocenters. The molecule has 4 nitrogen and oxygen atoms in total. The van der Waals surface area contributed by atoms with E-state index in [0.717, 1.165) is 0 Å². The zero-order valence-corrected chi connectivity index (χ0v) is 4.85. The summed E-state index contributed by atoms with van der Waals surface area (Å²) in [6.45, 7) is 0.194. The quantitative estimate of drug-likeness (QED) is 0.392. The van der Waals surface area contributed by atoms with Crippen LogP contribution in [-0.2, 0) is 4.79 Å². The first kappa shape index (κ1) is 7.39. The first-order valence-electron chi connectivity index (χ1n) is 2.39. The number of hydrogen-bond acceptors (Lipinski definition) is 3. The molecule has 0 aromatic rings. The summed E-state index contributed by atoms with van der Waals surface area (Å²) in [7, 11) is 1.53. The predicted molar refractivity (Wildman–Crippen MR) is 31.1 cm³/mol. The highest BCUT2D eigenvalue weighted by atomic mass is 16.2. The van der Waals surface area contributed by atoms with Gasteiger partial charge in [0.1, 0.15) is 0 Å². The van der Waals surface area contributed by atoms with Crippen LogP contribution in [0.4, 0.5) is 0 Å². The van der Waals surface area contributed by atoms with E-state index in [1.54, 1.807) is 0 Å². The van der Waals surface area contributed by atoms with Crippen molar-refractivity contribution < 1.29 is 4.79 Å². The Labute approximate surface area is 48.2 Å². The molecule has 0 radical (unpaired) electrons. The average Bonchev–Trinajstić information content (AvgIpc) is 1.84. The van der Waals surface area contributed by atoms with Gasteiger partial charge in [-0.25, -0.2) is 0 Å². The Kier molecular flexibility index (Phi) is 3.14. The fourth-order valence-electron chi connectivity index (χ4n) is 0.292. The van der Waals surface area contributed by atoms with Crippen molar-refractivity contribution in [1.82, 2.24) is 5.32 Å². The lowest BCUT2D eigenvalue weighted by Gasteiger charge is -2.04. The molecular weight excluding hydrogens is 106 g/mol. The third-order valence-corrected chi connectivity index (χ3v) is 0.837. The molecule has 5 N–H and O–H groups in total. The molecule has 0 rings (SSSR count). The van der Waals surface area contributed by atoms with Crippen molar-refractivity contribution in [2.45, 2.75) is 6.04 Å². The first-order valence-corrected chi connectivity index (χ1v) is 2.39. The number of nitrogens with two attached hydrogens (primary N) is 2. The topological polar surface area (TPSA) is 81.1 Å². The van der Waals surface area contributed by atoms with Crippen LogP contribution in [0.5, 0.6) is 0 Å². The summed E-state index contributed by atoms with van der Waals surface area (Å²) in [4.78, 5) is 10.4. The van der Waals surface area contributed by atoms with E-state index in [9.17, 15) is 4.79 Å². The maximum Gasteiger partial charge on any atom is 0.237 e. The second-order valence-corrected chi connectivity index (χ2v) is 1.46. The Hall–Kier alpha value is -0.610. The lowest BCUT2D eigenvalue weighted by atomic mass is 10.3. The predicted octanol–water partition coefficient (Wildman–Crippen LogP) is -1.98. The van der Waals surface area contributed by atoms with Crippen LogP contribution >= 0.6 is 0 Å². The summed E-state index contributed by atoms with van der Waals surface area (Å²) in [6, 6.07) is -0.556. The van der Waals surface area contributed by atoms with E-state index >= 15 is 0 Å². The standard InChI is InChI=1S/C4H11N3O/c1-7-4(8)3(6)2-5/h3H,2,5-6H2,1H3,(H,7,8)/t3-/m1/s1. The second kappa shape index (κ2) is 3.40. The lowest BCUT2D eigenvalue weighted by molar-refractivity contribution is -0.121. The van der Waals surface area contributed by atoms with Gasteiger partial charge in [0.2, 0.25) is 5.91 Å². The highest BCUT2D eigenvalue weighted by Gasteiger charge is 2.06. The van der Waals surface area contributed by atoms with Gasteiger partial charge in [0.05, 0.1) is 6.04 Å². The van der Waals surface area contributed by atoms with Crippen molar-refractivity contribution in [1.29, 1.82) is 0 Å². The van der Waals surface area contributed by atoms with Crippen LogP contribution in [0.1, 0.15) is 0 Å². The summed E-state index contributed by atoms with van der Waals surface area (Å²) >= 11 is 0. The minimum atomic E-state index is -0.556. The van der Waals surface area contributed by atoms with Gasteiger partial charge >= 0.3 is 0 Å². The smallest absolute Gasteiger partial charge is 0.237 e. The van der Waals surface area contributed by atoms with Crippen molar-refractivity contribution in [2.24, 2.45) is 11.5 Å². The molecule has 1 atom stereocenters. The van der Waals surface area contributed by atoms with Crippen LogP contribution < -0.4 is 16.8 Å². The molecule has 0 fully saturated rings. The molecule has 0 aliphatic carbocycles. The Morgan fingerprint density at radius 1 is 1.88 bits per heavy atom. The van der Waals surface area contributed by atoms with E-state index in [2.05, 4.69) is 5.32 Å². The summed E-state index contributed by atoms with van der Waals surface area (Å²) < 4.78 is 0. The number of carbonyl (C=O) groups is 1. The molecule has 0 aromatic carbocycles. The SMILES string of the molecule is CNC(=O)[C@H](N)CN. The minimum absolute atomic E-state index is 0.194. The molecule has 0 aliphatic heterocycles. The maximum atomic E-state index is 10.4. The molecule has 4 heteroatoms. The molecule has 1 amide bonds. The fourth-order valence-corrected chi connectivity index (χ4v) is 0.292. The summed E-state index contributed by atoms with van der Waals surface area (Å²) in [5, 5.41) is 2.37. The van der Waals surface area contributed by atoms with E-state index < -0.39 is 6.04 Å². The molecule has 0 bridgehead atoms. The minimum Gasteiger partial charge on any atom is -0.358 e. The van der Waals surface area contributed by atoms with Gasteiger partial charge in [-0.05, 0) is 0 Å². The molecule has 0 aliphatic rings. The Balaban J connectivity index is 3.46. The number of nitrogens with one attached hydrogen (secondary N) is 1. The summed E-state index contributed by atoms with van der Waals surface area (Å²) in [6.07, 6.45) is 0. The van der Waals surface area contributed by atoms with Gasteiger partial charge in [0.15, 0.2) is 0 Å². The number of rotatable bonds is 2. The number of amides is 1. The lowest BCUT2D eigenvalue weighted by Crippen LogP contribution is -2.43. The zero-order valence-electron chi connectivity index (χ0n) is 4.85. The highest BCUT2D eigenvalue weighted by Crippen LogP contribution is 1.69. The van der Waals surface area contributed by atoms with E-state index in [4.69, 9.17) is 11.5 Å². The van der Waals surface area contributed by atoms with Gasteiger partial charge in [-0.2, -0.15) is 0 Å². The normalized spacial score (nSPS) is 12.9. The maximum absolute atomic E-state index is 10.4. The van der Waals surface area contributed by atoms with Crippen LogP contribution in [0.2, 0.25) is 0 Å². The molecule has 0 heterocycles. The number of hydrogen-bond donors (Lipinski definition) is 3. The Bertz CT molecular complexity index is 83.4. The molecule has 0 aromatic heterocycles. The largest absolute Gasteiger partial charge is 0.358 e. The molecule has 0 spiro atoms. The van der Waals surface area contributed by atoms with Gasteiger partial charge in [0, 0.05) is 13.6 Å². The second-order valence-electron chi connectivity index (χ2n) is 1.46. The van der Waals surface area contributed by atoms with E-state index in [1.165, 1.54) is 7.05 Å². The molecular formula is C4H11N3O. The van der Waals surface area contributed by atoms with Crippen molar-refractivity contribution in [3.8, 4) is 0 Å². The third kappa shape index (κ3) is 1.90. The van der Waals surface area contributed by atoms with Gasteiger partial charge < -0.3 is 16.8 Å². The number of carbonyl (C=O) groups excluding carboxylic acids is 1. The number of likely N-dealkylation sites (N-methyl/N-ethyl adjacent to an activating group) is 1. The van der Waals surface area contributed by atoms with Crippen LogP contribution in [-0.4, -0.2) is 25.5 Å². The Morgan fingerprint density at radius 3 is 2.50 bits per heavy atom. The van der Waals surface area contributed by atoms with E-state index in [0.29, 0.717) is 0 Å². The van der Waals surface area contributed by atoms with Gasteiger partial charge in [-0.1, -0.05) is 0 Å². The van der Waals surface area contributed by atoms with E-state index in [1.807, 2.05) is 0 Å². The molecule has 0 saturated heterocycles. The van der Waals surface area contributed by atoms with Gasteiger partial charge in [-0.3, -0.25) is 4.79 Å². The highest BCUT2D eigenvalue weighted by molar-refractivity contribution is 5.81. The van der Waals surface area contributed by atoms with Gasteiger partial charge in [0.25, 0.3) is 0 Å². The van der Waals surface area contributed by atoms with Crippen molar-refractivity contribution in [3.05, 3.63) is 0 Å². The monoisotopic (exact) mass is 117 g/mol. The summed E-state index contributed by atoms with van der Waals surface area (Å²) in [5.74, 6) is -0.215. The molecule has 8 heavy (non-hydrogen) atoms. The van der Waals surface area contributed by atoms with Crippen LogP contribution in [0.3, 0.4) is 0 Å². The molecule has 48 valence electrons. The zero-order chi connectivity index (χ0) is 6.57. The van der Waals surface area contributed by atoms with Crippen LogP contribution in [0.25, 0.3) is 0 Å². The van der Waals surface area contributed by atoms with Crippen molar-refractivity contribution in [3.63, 3.8) is 0 Å².